The lowest BCUT2D eigenvalue weighted by Gasteiger charge is -2.36. The summed E-state index contributed by atoms with van der Waals surface area (Å²) in [6.45, 7) is 1.81. The molecule has 1 fully saturated rings. The van der Waals surface area contributed by atoms with E-state index in [-0.39, 0.29) is 5.91 Å². The molecule has 0 radical (unpaired) electrons. The second kappa shape index (κ2) is 8.34. The Morgan fingerprint density at radius 3 is 2.39 bits per heavy atom. The Balaban J connectivity index is 1.70. The molecule has 1 saturated heterocycles. The minimum Gasteiger partial charge on any atom is -0.496 e. The van der Waals surface area contributed by atoms with E-state index in [0.717, 1.165) is 17.0 Å². The summed E-state index contributed by atoms with van der Waals surface area (Å²) in [5.74, 6) is 0.394. The zero-order chi connectivity index (χ0) is 20.3. The maximum absolute atomic E-state index is 12.9. The second-order valence-corrected chi connectivity index (χ2v) is 7.27. The lowest BCUT2D eigenvalue weighted by Crippen LogP contribution is -2.48. The number of halogens is 3. The number of carbonyl (C=O) groups is 1. The Bertz CT molecular complexity index is 850. The second-order valence-electron chi connectivity index (χ2n) is 6.39. The molecule has 0 aliphatic carbocycles. The molecule has 3 rings (SSSR count). The molecule has 0 spiro atoms. The summed E-state index contributed by atoms with van der Waals surface area (Å²) < 4.78 is 44.2. The van der Waals surface area contributed by atoms with Gasteiger partial charge in [-0.25, -0.2) is 0 Å². The van der Waals surface area contributed by atoms with Crippen LogP contribution in [0, 0.1) is 0 Å². The van der Waals surface area contributed by atoms with E-state index in [1.54, 1.807) is 28.8 Å². The third-order valence-corrected chi connectivity index (χ3v) is 5.47. The van der Waals surface area contributed by atoms with Gasteiger partial charge >= 0.3 is 6.18 Å². The predicted octanol–water partition coefficient (Wildman–Crippen LogP) is 4.40. The molecule has 8 heteroatoms. The first-order valence-electron chi connectivity index (χ1n) is 8.77. The fraction of sp³-hybridized carbons (Fsp3) is 0.350. The Hall–Kier alpha value is -2.35. The number of hydrogen-bond acceptors (Lipinski definition) is 4. The highest BCUT2D eigenvalue weighted by Crippen LogP contribution is 2.32. The smallest absolute Gasteiger partial charge is 0.416 e. The number of thioether (sulfide) groups is 1. The van der Waals surface area contributed by atoms with Gasteiger partial charge in [0, 0.05) is 36.8 Å². The molecule has 1 amide bonds. The van der Waals surface area contributed by atoms with E-state index < -0.39 is 11.7 Å². The molecule has 0 saturated carbocycles. The van der Waals surface area contributed by atoms with Crippen molar-refractivity contribution < 1.29 is 22.7 Å². The molecule has 0 N–H and O–H groups in total. The van der Waals surface area contributed by atoms with Gasteiger partial charge in [0.2, 0.25) is 0 Å². The molecule has 0 aromatic heterocycles. The maximum atomic E-state index is 12.9. The van der Waals surface area contributed by atoms with Crippen LogP contribution in [-0.2, 0) is 6.18 Å². The number of ether oxygens (including phenoxy) is 1. The van der Waals surface area contributed by atoms with Crippen LogP contribution in [0.5, 0.6) is 5.75 Å². The lowest BCUT2D eigenvalue weighted by atomic mass is 10.1. The third-order valence-electron chi connectivity index (χ3n) is 4.74. The van der Waals surface area contributed by atoms with Gasteiger partial charge in [0.25, 0.3) is 5.91 Å². The number of methoxy groups -OCH3 is 1. The average Bonchev–Trinajstić information content (AvgIpc) is 2.72. The number of carbonyl (C=O) groups excluding carboxylic acids is 1. The lowest BCUT2D eigenvalue weighted by molar-refractivity contribution is -0.137. The average molecular weight is 410 g/mol. The summed E-state index contributed by atoms with van der Waals surface area (Å²) in [4.78, 5) is 17.5. The molecule has 0 atom stereocenters. The number of hydrogen-bond donors (Lipinski definition) is 0. The van der Waals surface area contributed by atoms with Crippen LogP contribution in [0.4, 0.5) is 18.9 Å². The van der Waals surface area contributed by atoms with Crippen molar-refractivity contribution in [1.29, 1.82) is 0 Å². The SMILES string of the molecule is COc1cc(SC)ccc1C(=O)N1CCN(c2cccc(C(F)(F)F)c2)CC1. The monoisotopic (exact) mass is 410 g/mol. The molecule has 150 valence electrons. The quantitative estimate of drug-likeness (QED) is 0.700. The molecule has 1 aliphatic heterocycles. The highest BCUT2D eigenvalue weighted by molar-refractivity contribution is 7.98. The van der Waals surface area contributed by atoms with Crippen LogP contribution in [0.2, 0.25) is 0 Å². The maximum Gasteiger partial charge on any atom is 0.416 e. The Morgan fingerprint density at radius 2 is 1.79 bits per heavy atom. The molecule has 0 unspecified atom stereocenters. The van der Waals surface area contributed by atoms with E-state index in [4.69, 9.17) is 4.74 Å². The summed E-state index contributed by atoms with van der Waals surface area (Å²) in [7, 11) is 1.53. The van der Waals surface area contributed by atoms with Crippen LogP contribution in [0.15, 0.2) is 47.4 Å². The summed E-state index contributed by atoms with van der Waals surface area (Å²) in [6, 6.07) is 10.8. The van der Waals surface area contributed by atoms with Crippen LogP contribution in [-0.4, -0.2) is 50.4 Å². The number of amides is 1. The minimum atomic E-state index is -4.37. The summed E-state index contributed by atoms with van der Waals surface area (Å²) in [6.07, 6.45) is -2.42. The van der Waals surface area contributed by atoms with Crippen molar-refractivity contribution in [2.24, 2.45) is 0 Å². The Morgan fingerprint density at radius 1 is 1.07 bits per heavy atom. The van der Waals surface area contributed by atoms with Crippen LogP contribution < -0.4 is 9.64 Å². The Labute approximate surface area is 166 Å². The van der Waals surface area contributed by atoms with Crippen molar-refractivity contribution in [3.8, 4) is 5.75 Å². The number of anilines is 1. The van der Waals surface area contributed by atoms with Crippen molar-refractivity contribution in [2.75, 3.05) is 44.4 Å². The van der Waals surface area contributed by atoms with Gasteiger partial charge in [-0.05, 0) is 42.7 Å². The van der Waals surface area contributed by atoms with Gasteiger partial charge in [0.05, 0.1) is 18.2 Å². The third kappa shape index (κ3) is 4.38. The van der Waals surface area contributed by atoms with E-state index in [9.17, 15) is 18.0 Å². The van der Waals surface area contributed by atoms with Gasteiger partial charge in [-0.2, -0.15) is 13.2 Å². The first-order valence-corrected chi connectivity index (χ1v) is 9.99. The van der Waals surface area contributed by atoms with Crippen molar-refractivity contribution in [1.82, 2.24) is 4.90 Å². The summed E-state index contributed by atoms with van der Waals surface area (Å²) >= 11 is 1.56. The zero-order valence-electron chi connectivity index (χ0n) is 15.6. The first kappa shape index (κ1) is 20.4. The van der Waals surface area contributed by atoms with Crippen LogP contribution in [0.25, 0.3) is 0 Å². The zero-order valence-corrected chi connectivity index (χ0v) is 16.4. The van der Waals surface area contributed by atoms with Gasteiger partial charge in [-0.1, -0.05) is 6.07 Å². The van der Waals surface area contributed by atoms with Crippen molar-refractivity contribution in [3.63, 3.8) is 0 Å². The molecule has 1 aliphatic rings. The standard InChI is InChI=1S/C20H21F3N2O2S/c1-27-18-13-16(28-2)6-7-17(18)19(26)25-10-8-24(9-11-25)15-5-3-4-14(12-15)20(21,22)23/h3-7,12-13H,8-11H2,1-2H3. The van der Waals surface area contributed by atoms with E-state index in [0.29, 0.717) is 43.2 Å². The largest absolute Gasteiger partial charge is 0.496 e. The van der Waals surface area contributed by atoms with Crippen LogP contribution in [0.1, 0.15) is 15.9 Å². The topological polar surface area (TPSA) is 32.8 Å². The van der Waals surface area contributed by atoms with Gasteiger partial charge in [-0.15, -0.1) is 11.8 Å². The first-order chi connectivity index (χ1) is 13.3. The predicted molar refractivity (Wildman–Crippen MR) is 104 cm³/mol. The molecule has 2 aromatic carbocycles. The molecular weight excluding hydrogens is 389 g/mol. The number of nitrogens with zero attached hydrogens (tertiary/aromatic N) is 2. The van der Waals surface area contributed by atoms with Crippen LogP contribution >= 0.6 is 11.8 Å². The fourth-order valence-corrected chi connectivity index (χ4v) is 3.62. The Kier molecular flexibility index (Phi) is 6.07. The number of rotatable bonds is 4. The summed E-state index contributed by atoms with van der Waals surface area (Å²) in [5, 5.41) is 0. The van der Waals surface area contributed by atoms with Gasteiger partial charge in [-0.3, -0.25) is 4.79 Å². The van der Waals surface area contributed by atoms with Gasteiger partial charge in [0.15, 0.2) is 0 Å². The molecule has 0 bridgehead atoms. The van der Waals surface area contributed by atoms with Crippen molar-refractivity contribution in [3.05, 3.63) is 53.6 Å². The van der Waals surface area contributed by atoms with E-state index in [2.05, 4.69) is 0 Å². The number of alkyl halides is 3. The summed E-state index contributed by atoms with van der Waals surface area (Å²) in [5.41, 5.74) is 0.346. The van der Waals surface area contributed by atoms with Gasteiger partial charge < -0.3 is 14.5 Å². The molecular formula is C20H21F3N2O2S. The molecule has 4 nitrogen and oxygen atoms in total. The molecule has 1 heterocycles. The number of benzene rings is 2. The van der Waals surface area contributed by atoms with E-state index >= 15 is 0 Å². The highest BCUT2D eigenvalue weighted by atomic mass is 32.2. The van der Waals surface area contributed by atoms with Gasteiger partial charge in [0.1, 0.15) is 5.75 Å². The van der Waals surface area contributed by atoms with E-state index in [1.807, 2.05) is 23.3 Å². The van der Waals surface area contributed by atoms with Crippen LogP contribution in [0.3, 0.4) is 0 Å². The van der Waals surface area contributed by atoms with E-state index in [1.165, 1.54) is 13.2 Å². The highest BCUT2D eigenvalue weighted by Gasteiger charge is 2.31. The normalized spacial score (nSPS) is 14.9. The fourth-order valence-electron chi connectivity index (χ4n) is 3.19. The van der Waals surface area contributed by atoms with Crippen molar-refractivity contribution in [2.45, 2.75) is 11.1 Å². The van der Waals surface area contributed by atoms with Crippen molar-refractivity contribution >= 4 is 23.4 Å². The molecule has 2 aromatic rings. The number of piperazine rings is 1. The minimum absolute atomic E-state index is 0.131. The molecule has 28 heavy (non-hydrogen) atoms.